The molecule has 15 heavy (non-hydrogen) atoms. The highest BCUT2D eigenvalue weighted by Crippen LogP contribution is 2.62. The summed E-state index contributed by atoms with van der Waals surface area (Å²) in [5, 5.41) is 0. The third-order valence-electron chi connectivity index (χ3n) is 5.29. The molecular formula is C14H22O. The smallest absolute Gasteiger partial charge is 0.0926 e. The monoisotopic (exact) mass is 206 g/mol. The molecule has 1 aliphatic heterocycles. The normalized spacial score (nSPS) is 51.5. The van der Waals surface area contributed by atoms with Gasteiger partial charge in [0, 0.05) is 5.41 Å². The van der Waals surface area contributed by atoms with Gasteiger partial charge in [0.25, 0.3) is 0 Å². The predicted molar refractivity (Wildman–Crippen MR) is 61.7 cm³/mol. The maximum atomic E-state index is 6.48. The first-order valence-corrected chi connectivity index (χ1v) is 6.35. The van der Waals surface area contributed by atoms with Crippen LogP contribution in [0.4, 0.5) is 0 Å². The van der Waals surface area contributed by atoms with Crippen molar-refractivity contribution in [3.05, 3.63) is 12.2 Å². The number of fused-ring (bicyclic) bond motifs is 1. The molecule has 2 bridgehead atoms. The molecule has 0 amide bonds. The van der Waals surface area contributed by atoms with Gasteiger partial charge in [-0.15, -0.1) is 0 Å². The zero-order chi connectivity index (χ0) is 10.7. The molecule has 0 aromatic rings. The van der Waals surface area contributed by atoms with Crippen molar-refractivity contribution in [2.75, 3.05) is 0 Å². The molecule has 1 saturated carbocycles. The second-order valence-electron chi connectivity index (χ2n) is 6.54. The maximum absolute atomic E-state index is 6.48. The fraction of sp³-hybridized carbons (Fsp3) is 0.857. The second-order valence-corrected chi connectivity index (χ2v) is 6.54. The molecule has 3 rings (SSSR count). The largest absolute Gasteiger partial charge is 0.364 e. The summed E-state index contributed by atoms with van der Waals surface area (Å²) in [6.07, 6.45) is 11.2. The molecule has 2 aliphatic carbocycles. The molecule has 2 fully saturated rings. The lowest BCUT2D eigenvalue weighted by Gasteiger charge is -2.49. The quantitative estimate of drug-likeness (QED) is 0.549. The molecule has 3 atom stereocenters. The molecule has 84 valence electrons. The molecule has 1 heterocycles. The Hall–Kier alpha value is -0.300. The Balaban J connectivity index is 2.06. The molecule has 1 heteroatoms. The zero-order valence-electron chi connectivity index (χ0n) is 10.2. The van der Waals surface area contributed by atoms with Crippen LogP contribution in [0, 0.1) is 11.3 Å². The standard InChI is InChI=1S/C14H22O/c1-12(2)11-6-9-13(3)7-4-5-8-14(13,10-11)15-12/h5,8,11H,4,6-7,9-10H2,1-3H3/t11-,13+,14+/m1/s1. The first-order valence-electron chi connectivity index (χ1n) is 6.35. The van der Waals surface area contributed by atoms with Crippen molar-refractivity contribution in [1.82, 2.24) is 0 Å². The third-order valence-corrected chi connectivity index (χ3v) is 5.29. The minimum atomic E-state index is 0.0810. The van der Waals surface area contributed by atoms with Gasteiger partial charge < -0.3 is 4.74 Å². The summed E-state index contributed by atoms with van der Waals surface area (Å²) >= 11 is 0. The van der Waals surface area contributed by atoms with Crippen LogP contribution in [0.25, 0.3) is 0 Å². The van der Waals surface area contributed by atoms with Crippen molar-refractivity contribution >= 4 is 0 Å². The Morgan fingerprint density at radius 3 is 2.80 bits per heavy atom. The van der Waals surface area contributed by atoms with Crippen molar-refractivity contribution in [2.45, 2.75) is 64.1 Å². The van der Waals surface area contributed by atoms with Crippen LogP contribution in [0.5, 0.6) is 0 Å². The van der Waals surface area contributed by atoms with E-state index in [2.05, 4.69) is 32.9 Å². The molecule has 1 spiro atoms. The van der Waals surface area contributed by atoms with Crippen LogP contribution in [0.15, 0.2) is 12.2 Å². The van der Waals surface area contributed by atoms with Gasteiger partial charge in [-0.05, 0) is 51.9 Å². The lowest BCUT2D eigenvalue weighted by molar-refractivity contribution is -0.123. The molecule has 0 unspecified atom stereocenters. The average Bonchev–Trinajstić information content (AvgIpc) is 2.38. The Morgan fingerprint density at radius 1 is 1.20 bits per heavy atom. The van der Waals surface area contributed by atoms with E-state index in [1.807, 2.05) is 0 Å². The van der Waals surface area contributed by atoms with Crippen LogP contribution >= 0.6 is 0 Å². The summed E-state index contributed by atoms with van der Waals surface area (Å²) in [7, 11) is 0. The summed E-state index contributed by atoms with van der Waals surface area (Å²) in [5.41, 5.74) is 0.586. The minimum absolute atomic E-state index is 0.0810. The van der Waals surface area contributed by atoms with Crippen LogP contribution in [-0.2, 0) is 4.74 Å². The average molecular weight is 206 g/mol. The molecular weight excluding hydrogens is 184 g/mol. The number of rotatable bonds is 0. The molecule has 1 saturated heterocycles. The minimum Gasteiger partial charge on any atom is -0.364 e. The molecule has 0 aromatic carbocycles. The van der Waals surface area contributed by atoms with Crippen molar-refractivity contribution in [1.29, 1.82) is 0 Å². The van der Waals surface area contributed by atoms with Crippen molar-refractivity contribution < 1.29 is 4.74 Å². The van der Waals surface area contributed by atoms with E-state index >= 15 is 0 Å². The van der Waals surface area contributed by atoms with E-state index < -0.39 is 0 Å². The molecule has 0 N–H and O–H groups in total. The van der Waals surface area contributed by atoms with E-state index in [4.69, 9.17) is 4.74 Å². The number of hydrogen-bond donors (Lipinski definition) is 0. The number of hydrogen-bond acceptors (Lipinski definition) is 1. The van der Waals surface area contributed by atoms with Gasteiger partial charge >= 0.3 is 0 Å². The van der Waals surface area contributed by atoms with Crippen LogP contribution in [-0.4, -0.2) is 11.2 Å². The molecule has 0 aromatic heterocycles. The lowest BCUT2D eigenvalue weighted by atomic mass is 9.58. The van der Waals surface area contributed by atoms with Gasteiger partial charge in [-0.25, -0.2) is 0 Å². The molecule has 3 aliphatic rings. The SMILES string of the molecule is CC1(C)O[C@]23C=CCC[C@@]2(C)CC[C@@H]1C3. The zero-order valence-corrected chi connectivity index (χ0v) is 10.2. The van der Waals surface area contributed by atoms with E-state index in [0.29, 0.717) is 5.41 Å². The predicted octanol–water partition coefficient (Wildman–Crippen LogP) is 3.69. The van der Waals surface area contributed by atoms with Crippen LogP contribution in [0.1, 0.15) is 52.9 Å². The fourth-order valence-electron chi connectivity index (χ4n) is 4.05. The van der Waals surface area contributed by atoms with Gasteiger partial charge in [0.1, 0.15) is 0 Å². The van der Waals surface area contributed by atoms with Gasteiger partial charge in [-0.1, -0.05) is 19.1 Å². The van der Waals surface area contributed by atoms with Crippen molar-refractivity contribution in [3.63, 3.8) is 0 Å². The fourth-order valence-corrected chi connectivity index (χ4v) is 4.05. The van der Waals surface area contributed by atoms with Gasteiger partial charge in [0.2, 0.25) is 0 Å². The Labute approximate surface area is 92.9 Å². The first kappa shape index (κ1) is 9.89. The van der Waals surface area contributed by atoms with Crippen molar-refractivity contribution in [2.24, 2.45) is 11.3 Å². The highest BCUT2D eigenvalue weighted by molar-refractivity contribution is 5.22. The topological polar surface area (TPSA) is 9.23 Å². The van der Waals surface area contributed by atoms with Crippen LogP contribution < -0.4 is 0 Å². The van der Waals surface area contributed by atoms with E-state index in [1.165, 1.54) is 32.1 Å². The van der Waals surface area contributed by atoms with Crippen LogP contribution in [0.3, 0.4) is 0 Å². The summed E-state index contributed by atoms with van der Waals surface area (Å²) in [5.74, 6) is 0.772. The van der Waals surface area contributed by atoms with E-state index in [9.17, 15) is 0 Å². The Kier molecular flexibility index (Phi) is 1.77. The molecule has 0 radical (unpaired) electrons. The highest BCUT2D eigenvalue weighted by atomic mass is 16.5. The van der Waals surface area contributed by atoms with Gasteiger partial charge in [0.05, 0.1) is 11.2 Å². The van der Waals surface area contributed by atoms with E-state index in [-0.39, 0.29) is 11.2 Å². The first-order chi connectivity index (χ1) is 6.98. The third kappa shape index (κ3) is 1.13. The van der Waals surface area contributed by atoms with Gasteiger partial charge in [0.15, 0.2) is 0 Å². The Morgan fingerprint density at radius 2 is 2.00 bits per heavy atom. The van der Waals surface area contributed by atoms with Crippen molar-refractivity contribution in [3.8, 4) is 0 Å². The maximum Gasteiger partial charge on any atom is 0.0926 e. The van der Waals surface area contributed by atoms with Gasteiger partial charge in [-0.2, -0.15) is 0 Å². The number of ether oxygens (including phenoxy) is 1. The molecule has 1 nitrogen and oxygen atoms in total. The lowest BCUT2D eigenvalue weighted by Crippen LogP contribution is -2.48. The van der Waals surface area contributed by atoms with Gasteiger partial charge in [-0.3, -0.25) is 0 Å². The Bertz CT molecular complexity index is 317. The van der Waals surface area contributed by atoms with Crippen LogP contribution in [0.2, 0.25) is 0 Å². The second kappa shape index (κ2) is 2.68. The summed E-state index contributed by atoms with van der Waals surface area (Å²) in [6, 6.07) is 0. The summed E-state index contributed by atoms with van der Waals surface area (Å²) < 4.78 is 6.48. The summed E-state index contributed by atoms with van der Waals surface area (Å²) in [6.45, 7) is 7.00. The highest BCUT2D eigenvalue weighted by Gasteiger charge is 2.61. The van der Waals surface area contributed by atoms with E-state index in [1.54, 1.807) is 0 Å². The number of allylic oxidation sites excluding steroid dienone is 1. The summed E-state index contributed by atoms with van der Waals surface area (Å²) in [4.78, 5) is 0. The van der Waals surface area contributed by atoms with E-state index in [0.717, 1.165) is 5.92 Å².